The zero-order chi connectivity index (χ0) is 21.7. The molecule has 1 saturated carbocycles. The van der Waals surface area contributed by atoms with Gasteiger partial charge >= 0.3 is 12.0 Å². The Hall–Kier alpha value is -2.97. The van der Waals surface area contributed by atoms with Crippen molar-refractivity contribution in [2.24, 2.45) is 5.92 Å². The number of amides is 2. The first-order chi connectivity index (χ1) is 14.4. The molecule has 0 saturated heterocycles. The molecule has 2 amide bonds. The third kappa shape index (κ3) is 4.15. The van der Waals surface area contributed by atoms with Gasteiger partial charge in [-0.3, -0.25) is 0 Å². The number of urea groups is 1. The maximum atomic E-state index is 12.7. The number of aromatic nitrogens is 4. The summed E-state index contributed by atoms with van der Waals surface area (Å²) < 4.78 is 6.71. The minimum Gasteiger partial charge on any atom is -0.462 e. The van der Waals surface area contributed by atoms with E-state index in [0.29, 0.717) is 30.5 Å². The molecular formula is C21H30N6O3. The van der Waals surface area contributed by atoms with Gasteiger partial charge < -0.3 is 15.0 Å². The fraction of sp³-hybridized carbons (Fsp3) is 0.571. The van der Waals surface area contributed by atoms with Crippen LogP contribution in [0.5, 0.6) is 0 Å². The first-order valence-electron chi connectivity index (χ1n) is 10.5. The van der Waals surface area contributed by atoms with E-state index in [0.717, 1.165) is 31.4 Å². The first-order valence-corrected chi connectivity index (χ1v) is 10.5. The Bertz CT molecular complexity index is 871. The van der Waals surface area contributed by atoms with E-state index in [9.17, 15) is 9.59 Å². The molecule has 1 aliphatic rings. The molecule has 0 atom stereocenters. The van der Waals surface area contributed by atoms with Crippen molar-refractivity contribution in [1.29, 1.82) is 0 Å². The average Bonchev–Trinajstić information content (AvgIpc) is 3.25. The summed E-state index contributed by atoms with van der Waals surface area (Å²) in [4.78, 5) is 26.4. The molecule has 0 radical (unpaired) electrons. The van der Waals surface area contributed by atoms with Crippen LogP contribution in [0.4, 0.5) is 4.79 Å². The first kappa shape index (κ1) is 21.7. The van der Waals surface area contributed by atoms with Crippen molar-refractivity contribution in [2.75, 3.05) is 20.2 Å². The highest BCUT2D eigenvalue weighted by molar-refractivity contribution is 5.89. The van der Waals surface area contributed by atoms with Gasteiger partial charge in [0.25, 0.3) is 0 Å². The summed E-state index contributed by atoms with van der Waals surface area (Å²) >= 11 is 0. The number of tetrazole rings is 1. The predicted octanol–water partition coefficient (Wildman–Crippen LogP) is 2.91. The van der Waals surface area contributed by atoms with Crippen molar-refractivity contribution in [1.82, 2.24) is 30.4 Å². The highest BCUT2D eigenvalue weighted by atomic mass is 16.5. The Morgan fingerprint density at radius 2 is 1.90 bits per heavy atom. The van der Waals surface area contributed by atoms with Gasteiger partial charge in [0.2, 0.25) is 0 Å². The van der Waals surface area contributed by atoms with Crippen LogP contribution in [0.25, 0.3) is 5.69 Å². The number of nitrogens with one attached hydrogen (secondary N) is 1. The number of rotatable bonds is 6. The Balaban J connectivity index is 1.98. The van der Waals surface area contributed by atoms with Crippen molar-refractivity contribution in [2.45, 2.75) is 52.0 Å². The largest absolute Gasteiger partial charge is 0.462 e. The number of hydrogen-bond donors (Lipinski definition) is 1. The van der Waals surface area contributed by atoms with E-state index >= 15 is 0 Å². The molecule has 0 bridgehead atoms. The summed E-state index contributed by atoms with van der Waals surface area (Å²) in [6.07, 6.45) is 3.53. The van der Waals surface area contributed by atoms with Crippen LogP contribution in [-0.4, -0.2) is 57.3 Å². The predicted molar refractivity (Wildman–Crippen MR) is 111 cm³/mol. The van der Waals surface area contributed by atoms with Crippen LogP contribution in [0, 0.1) is 5.92 Å². The van der Waals surface area contributed by atoms with Crippen LogP contribution in [0.15, 0.2) is 24.3 Å². The minimum absolute atomic E-state index is 0.140. The standard InChI is InChI=1S/C21H30N6O3/c1-5-22-20(29)26(4)21(13-11-15(3)12-14-21)19-23-24-25-27(19)17-9-7-16(8-10-17)18(28)30-6-2/h7-10,15H,5-6,11-14H2,1-4H3,(H,22,29). The van der Waals surface area contributed by atoms with E-state index in [-0.39, 0.29) is 12.0 Å². The molecule has 1 fully saturated rings. The number of esters is 1. The van der Waals surface area contributed by atoms with E-state index in [1.54, 1.807) is 40.8 Å². The van der Waals surface area contributed by atoms with Crippen LogP contribution in [0.2, 0.25) is 0 Å². The molecular weight excluding hydrogens is 384 g/mol. The molecule has 2 aromatic rings. The van der Waals surface area contributed by atoms with Crippen molar-refractivity contribution >= 4 is 12.0 Å². The lowest BCUT2D eigenvalue weighted by molar-refractivity contribution is 0.0526. The number of carbonyl (C=O) groups excluding carboxylic acids is 2. The monoisotopic (exact) mass is 414 g/mol. The number of benzene rings is 1. The lowest BCUT2D eigenvalue weighted by Crippen LogP contribution is -2.53. The SMILES string of the molecule is CCNC(=O)N(C)C1(c2nnnn2-c2ccc(C(=O)OCC)cc2)CCC(C)CC1. The van der Waals surface area contributed by atoms with Gasteiger partial charge in [0.05, 0.1) is 17.9 Å². The molecule has 3 rings (SSSR count). The quantitative estimate of drug-likeness (QED) is 0.729. The molecule has 30 heavy (non-hydrogen) atoms. The Morgan fingerprint density at radius 3 is 2.50 bits per heavy atom. The maximum absolute atomic E-state index is 12.7. The van der Waals surface area contributed by atoms with E-state index in [1.807, 2.05) is 14.0 Å². The maximum Gasteiger partial charge on any atom is 0.338 e. The van der Waals surface area contributed by atoms with Crippen molar-refractivity contribution in [3.63, 3.8) is 0 Å². The zero-order valence-corrected chi connectivity index (χ0v) is 18.1. The van der Waals surface area contributed by atoms with Gasteiger partial charge in [-0.05, 0) is 80.1 Å². The molecule has 1 heterocycles. The third-order valence-corrected chi connectivity index (χ3v) is 5.88. The van der Waals surface area contributed by atoms with Gasteiger partial charge in [-0.1, -0.05) is 6.92 Å². The molecule has 1 aromatic heterocycles. The van der Waals surface area contributed by atoms with Gasteiger partial charge in [-0.2, -0.15) is 4.68 Å². The van der Waals surface area contributed by atoms with Crippen molar-refractivity contribution in [3.8, 4) is 5.69 Å². The lowest BCUT2D eigenvalue weighted by Gasteiger charge is -2.44. The Morgan fingerprint density at radius 1 is 1.23 bits per heavy atom. The van der Waals surface area contributed by atoms with E-state index in [4.69, 9.17) is 4.74 Å². The van der Waals surface area contributed by atoms with Crippen LogP contribution < -0.4 is 5.32 Å². The number of ether oxygens (including phenoxy) is 1. The average molecular weight is 415 g/mol. The zero-order valence-electron chi connectivity index (χ0n) is 18.1. The number of hydrogen-bond acceptors (Lipinski definition) is 6. The van der Waals surface area contributed by atoms with Crippen LogP contribution in [0.3, 0.4) is 0 Å². The number of nitrogens with zero attached hydrogens (tertiary/aromatic N) is 5. The topological polar surface area (TPSA) is 102 Å². The molecule has 162 valence electrons. The highest BCUT2D eigenvalue weighted by Gasteiger charge is 2.46. The highest BCUT2D eigenvalue weighted by Crippen LogP contribution is 2.43. The molecule has 0 spiro atoms. The van der Waals surface area contributed by atoms with Gasteiger partial charge in [-0.15, -0.1) is 5.10 Å². The second-order valence-electron chi connectivity index (χ2n) is 7.79. The molecule has 0 aliphatic heterocycles. The van der Waals surface area contributed by atoms with Gasteiger partial charge in [-0.25, -0.2) is 9.59 Å². The van der Waals surface area contributed by atoms with Crippen molar-refractivity contribution < 1.29 is 14.3 Å². The molecule has 9 heteroatoms. The molecule has 1 N–H and O–H groups in total. The van der Waals surface area contributed by atoms with E-state index in [1.165, 1.54) is 0 Å². The van der Waals surface area contributed by atoms with Crippen LogP contribution >= 0.6 is 0 Å². The van der Waals surface area contributed by atoms with E-state index in [2.05, 4.69) is 27.8 Å². The Kier molecular flexibility index (Phi) is 6.69. The summed E-state index contributed by atoms with van der Waals surface area (Å²) in [7, 11) is 1.81. The van der Waals surface area contributed by atoms with Gasteiger partial charge in [0.1, 0.15) is 5.54 Å². The van der Waals surface area contributed by atoms with Gasteiger partial charge in [0, 0.05) is 13.6 Å². The fourth-order valence-corrected chi connectivity index (χ4v) is 4.02. The van der Waals surface area contributed by atoms with Gasteiger partial charge in [0.15, 0.2) is 5.82 Å². The van der Waals surface area contributed by atoms with E-state index < -0.39 is 5.54 Å². The normalized spacial score (nSPS) is 21.1. The minimum atomic E-state index is -0.602. The number of carbonyl (C=O) groups is 2. The molecule has 9 nitrogen and oxygen atoms in total. The second kappa shape index (κ2) is 9.23. The van der Waals surface area contributed by atoms with Crippen molar-refractivity contribution in [3.05, 3.63) is 35.7 Å². The summed E-state index contributed by atoms with van der Waals surface area (Å²) in [6.45, 7) is 6.78. The summed E-state index contributed by atoms with van der Waals surface area (Å²) in [5, 5.41) is 15.4. The molecule has 1 aliphatic carbocycles. The Labute approximate surface area is 176 Å². The molecule has 1 aromatic carbocycles. The summed E-state index contributed by atoms with van der Waals surface area (Å²) in [5.41, 5.74) is 0.593. The van der Waals surface area contributed by atoms with Crippen LogP contribution in [-0.2, 0) is 10.3 Å². The van der Waals surface area contributed by atoms with Crippen LogP contribution in [0.1, 0.15) is 62.6 Å². The smallest absolute Gasteiger partial charge is 0.338 e. The summed E-state index contributed by atoms with van der Waals surface area (Å²) in [6, 6.07) is 6.83. The fourth-order valence-electron chi connectivity index (χ4n) is 4.02. The second-order valence-corrected chi connectivity index (χ2v) is 7.79. The third-order valence-electron chi connectivity index (χ3n) is 5.88. The summed E-state index contributed by atoms with van der Waals surface area (Å²) in [5.74, 6) is 0.857. The molecule has 0 unspecified atom stereocenters. The lowest BCUT2D eigenvalue weighted by atomic mass is 9.75.